The number of hydrogen-bond donors (Lipinski definition) is 0. The fourth-order valence-electron chi connectivity index (χ4n) is 2.70. The topological polar surface area (TPSA) is 67.9 Å². The quantitative estimate of drug-likeness (QED) is 0.729. The van der Waals surface area contributed by atoms with Crippen molar-refractivity contribution in [2.24, 2.45) is 0 Å². The van der Waals surface area contributed by atoms with Crippen LogP contribution in [0.4, 0.5) is 0 Å². The third-order valence-corrected chi connectivity index (χ3v) is 5.20. The Morgan fingerprint density at radius 1 is 1.26 bits per heavy atom. The molecule has 0 bridgehead atoms. The van der Waals surface area contributed by atoms with Crippen molar-refractivity contribution in [2.75, 3.05) is 18.6 Å². The molecule has 0 amide bonds. The van der Waals surface area contributed by atoms with Gasteiger partial charge in [-0.2, -0.15) is 16.7 Å². The maximum Gasteiger partial charge on any atom is 0.241 e. The maximum atomic E-state index is 5.38. The molecule has 3 heterocycles. The first-order valence-electron chi connectivity index (χ1n) is 7.62. The third-order valence-electron chi connectivity index (χ3n) is 4.06. The molecule has 1 atom stereocenters. The highest BCUT2D eigenvalue weighted by Crippen LogP contribution is 2.23. The molecule has 3 aromatic rings. The van der Waals surface area contributed by atoms with Crippen molar-refractivity contribution in [3.05, 3.63) is 36.4 Å². The van der Waals surface area contributed by atoms with Gasteiger partial charge in [0.2, 0.25) is 11.7 Å². The zero-order chi connectivity index (χ0) is 15.6. The van der Waals surface area contributed by atoms with Gasteiger partial charge in [0.15, 0.2) is 0 Å². The second kappa shape index (κ2) is 6.25. The lowest BCUT2D eigenvalue weighted by Gasteiger charge is -2.21. The van der Waals surface area contributed by atoms with Gasteiger partial charge in [-0.05, 0) is 31.4 Å². The molecule has 1 aromatic carbocycles. The molecule has 0 spiro atoms. The number of nitrogens with zero attached hydrogens (tertiary/aromatic N) is 5. The monoisotopic (exact) mass is 327 g/mol. The minimum absolute atomic E-state index is 0.493. The summed E-state index contributed by atoms with van der Waals surface area (Å²) in [6, 6.07) is 8.34. The van der Waals surface area contributed by atoms with Crippen molar-refractivity contribution in [1.29, 1.82) is 0 Å². The molecule has 1 aliphatic rings. The molecule has 1 fully saturated rings. The van der Waals surface area contributed by atoms with Gasteiger partial charge in [-0.1, -0.05) is 17.3 Å². The van der Waals surface area contributed by atoms with E-state index in [9.17, 15) is 0 Å². The number of aromatic nitrogens is 4. The maximum absolute atomic E-state index is 5.38. The predicted octanol–water partition coefficient (Wildman–Crippen LogP) is 2.62. The number of benzene rings is 1. The Kier molecular flexibility index (Phi) is 3.97. The number of rotatable bonds is 4. The van der Waals surface area contributed by atoms with Gasteiger partial charge in [0.25, 0.3) is 0 Å². The fraction of sp³-hybridized carbons (Fsp3) is 0.375. The predicted molar refractivity (Wildman–Crippen MR) is 90.0 cm³/mol. The van der Waals surface area contributed by atoms with E-state index in [1.807, 2.05) is 36.0 Å². The summed E-state index contributed by atoms with van der Waals surface area (Å²) in [6.45, 7) is 0.666. The highest BCUT2D eigenvalue weighted by atomic mass is 32.2. The van der Waals surface area contributed by atoms with Crippen molar-refractivity contribution in [3.63, 3.8) is 0 Å². The highest BCUT2D eigenvalue weighted by Gasteiger charge is 2.22. The molecule has 0 aliphatic carbocycles. The van der Waals surface area contributed by atoms with E-state index in [-0.39, 0.29) is 0 Å². The Balaban J connectivity index is 1.54. The van der Waals surface area contributed by atoms with E-state index in [0.717, 1.165) is 11.0 Å². The summed E-state index contributed by atoms with van der Waals surface area (Å²) in [5.74, 6) is 3.52. The highest BCUT2D eigenvalue weighted by molar-refractivity contribution is 7.99. The van der Waals surface area contributed by atoms with E-state index in [0.29, 0.717) is 30.0 Å². The minimum atomic E-state index is 0.493. The fourth-order valence-corrected chi connectivity index (χ4v) is 4.00. The van der Waals surface area contributed by atoms with Crippen molar-refractivity contribution < 1.29 is 4.52 Å². The summed E-state index contributed by atoms with van der Waals surface area (Å²) in [7, 11) is 2.11. The normalized spacial score (nSPS) is 18.1. The summed E-state index contributed by atoms with van der Waals surface area (Å²) in [5.41, 5.74) is 2.33. The van der Waals surface area contributed by atoms with Crippen LogP contribution in [0.3, 0.4) is 0 Å². The van der Waals surface area contributed by atoms with Gasteiger partial charge in [0.1, 0.15) is 5.69 Å². The van der Waals surface area contributed by atoms with Crippen molar-refractivity contribution >= 4 is 22.8 Å². The Morgan fingerprint density at radius 2 is 2.13 bits per heavy atom. The number of hydrogen-bond acceptors (Lipinski definition) is 7. The standard InChI is InChI=1S/C16H17N5OS/c1-21(11-6-7-23-10-11)9-15-19-16(20-22-15)14-8-17-12-4-2-3-5-13(12)18-14/h2-5,8,11H,6-7,9-10H2,1H3. The molecule has 23 heavy (non-hydrogen) atoms. The minimum Gasteiger partial charge on any atom is -0.337 e. The molecule has 2 aromatic heterocycles. The van der Waals surface area contributed by atoms with Crippen LogP contribution in [0, 0.1) is 0 Å². The van der Waals surface area contributed by atoms with Crippen LogP contribution in [0.25, 0.3) is 22.6 Å². The Labute approximate surface area is 138 Å². The average Bonchev–Trinajstić information content (AvgIpc) is 3.26. The Morgan fingerprint density at radius 3 is 2.96 bits per heavy atom. The summed E-state index contributed by atoms with van der Waals surface area (Å²) < 4.78 is 5.38. The van der Waals surface area contributed by atoms with Crippen molar-refractivity contribution in [2.45, 2.75) is 19.0 Å². The van der Waals surface area contributed by atoms with Crippen molar-refractivity contribution in [3.8, 4) is 11.5 Å². The first-order chi connectivity index (χ1) is 11.3. The molecular formula is C16H17N5OS. The lowest BCUT2D eigenvalue weighted by atomic mass is 10.2. The summed E-state index contributed by atoms with van der Waals surface area (Å²) in [4.78, 5) is 15.7. The van der Waals surface area contributed by atoms with Gasteiger partial charge < -0.3 is 4.52 Å². The number of fused-ring (bicyclic) bond motifs is 1. The van der Waals surface area contributed by atoms with Crippen LogP contribution < -0.4 is 0 Å². The molecule has 7 heteroatoms. The molecule has 6 nitrogen and oxygen atoms in total. The van der Waals surface area contributed by atoms with Gasteiger partial charge in [0.05, 0.1) is 23.8 Å². The van der Waals surface area contributed by atoms with E-state index in [1.165, 1.54) is 17.9 Å². The van der Waals surface area contributed by atoms with Crippen LogP contribution in [-0.2, 0) is 6.54 Å². The zero-order valence-electron chi connectivity index (χ0n) is 12.8. The van der Waals surface area contributed by atoms with E-state index in [1.54, 1.807) is 6.20 Å². The molecular weight excluding hydrogens is 310 g/mol. The molecule has 1 saturated heterocycles. The molecule has 1 unspecified atom stereocenters. The van der Waals surface area contributed by atoms with Crippen LogP contribution in [0.15, 0.2) is 35.0 Å². The van der Waals surface area contributed by atoms with Crippen molar-refractivity contribution in [1.82, 2.24) is 25.0 Å². The van der Waals surface area contributed by atoms with E-state index >= 15 is 0 Å². The Bertz CT molecular complexity index is 815. The lowest BCUT2D eigenvalue weighted by Crippen LogP contribution is -2.30. The lowest BCUT2D eigenvalue weighted by molar-refractivity contribution is 0.218. The molecule has 118 valence electrons. The molecule has 1 aliphatic heterocycles. The van der Waals surface area contributed by atoms with Gasteiger partial charge in [-0.3, -0.25) is 9.88 Å². The van der Waals surface area contributed by atoms with E-state index < -0.39 is 0 Å². The summed E-state index contributed by atoms with van der Waals surface area (Å²) in [5, 5.41) is 4.05. The van der Waals surface area contributed by atoms with Crippen LogP contribution in [-0.4, -0.2) is 49.6 Å². The van der Waals surface area contributed by atoms with Gasteiger partial charge in [-0.25, -0.2) is 4.98 Å². The molecule has 4 rings (SSSR count). The second-order valence-corrected chi connectivity index (χ2v) is 6.84. The van der Waals surface area contributed by atoms with Crippen LogP contribution in [0.5, 0.6) is 0 Å². The summed E-state index contributed by atoms with van der Waals surface area (Å²) in [6.07, 6.45) is 2.91. The van der Waals surface area contributed by atoms with Crippen LogP contribution in [0.1, 0.15) is 12.3 Å². The molecule has 0 radical (unpaired) electrons. The third kappa shape index (κ3) is 3.07. The van der Waals surface area contributed by atoms with Gasteiger partial charge >= 0.3 is 0 Å². The van der Waals surface area contributed by atoms with Crippen LogP contribution in [0.2, 0.25) is 0 Å². The SMILES string of the molecule is CN(Cc1nc(-c2cnc3ccccc3n2)no1)C1CCSC1. The molecule has 0 saturated carbocycles. The number of para-hydroxylation sites is 2. The van der Waals surface area contributed by atoms with Gasteiger partial charge in [0, 0.05) is 11.8 Å². The van der Waals surface area contributed by atoms with Crippen LogP contribution >= 0.6 is 11.8 Å². The van der Waals surface area contributed by atoms with E-state index in [2.05, 4.69) is 32.1 Å². The first kappa shape index (κ1) is 14.6. The van der Waals surface area contributed by atoms with E-state index in [4.69, 9.17) is 4.52 Å². The second-order valence-electron chi connectivity index (χ2n) is 5.69. The smallest absolute Gasteiger partial charge is 0.241 e. The number of thioether (sulfide) groups is 1. The summed E-state index contributed by atoms with van der Waals surface area (Å²) >= 11 is 2.00. The first-order valence-corrected chi connectivity index (χ1v) is 8.78. The Hall–Kier alpha value is -1.99. The largest absolute Gasteiger partial charge is 0.337 e. The molecule has 0 N–H and O–H groups in total. The average molecular weight is 327 g/mol. The van der Waals surface area contributed by atoms with Gasteiger partial charge in [-0.15, -0.1) is 0 Å². The zero-order valence-corrected chi connectivity index (χ0v) is 13.7.